The molecule has 2 aromatic heterocycles. The minimum absolute atomic E-state index is 0.499. The Bertz CT molecular complexity index is 693. The average molecular weight is 304 g/mol. The van der Waals surface area contributed by atoms with Crippen molar-refractivity contribution in [3.8, 4) is 0 Å². The number of hydrogen-bond donors (Lipinski definition) is 1. The fourth-order valence-corrected chi connectivity index (χ4v) is 2.20. The maximum Gasteiger partial charge on any atom is 0.169 e. The number of furan rings is 1. The van der Waals surface area contributed by atoms with Gasteiger partial charge in [0.1, 0.15) is 11.9 Å². The molecule has 90 valence electrons. The van der Waals surface area contributed by atoms with Crippen molar-refractivity contribution in [2.45, 2.75) is 6.10 Å². The molecule has 0 radical (unpaired) electrons. The van der Waals surface area contributed by atoms with Crippen LogP contribution in [0.5, 0.6) is 0 Å². The summed E-state index contributed by atoms with van der Waals surface area (Å²) in [6.45, 7) is 0. The minimum Gasteiger partial charge on any atom is -0.451 e. The zero-order valence-electron chi connectivity index (χ0n) is 9.38. The molecule has 4 heteroatoms. The third kappa shape index (κ3) is 2.05. The van der Waals surface area contributed by atoms with Gasteiger partial charge in [-0.1, -0.05) is 18.2 Å². The van der Waals surface area contributed by atoms with E-state index in [1.54, 1.807) is 18.3 Å². The van der Waals surface area contributed by atoms with Crippen molar-refractivity contribution in [3.05, 3.63) is 64.7 Å². The minimum atomic E-state index is -0.798. The van der Waals surface area contributed by atoms with Crippen LogP contribution in [0.15, 0.2) is 57.7 Å². The number of para-hydroxylation sites is 1. The van der Waals surface area contributed by atoms with Gasteiger partial charge < -0.3 is 9.52 Å². The molecule has 3 nitrogen and oxygen atoms in total. The van der Waals surface area contributed by atoms with Crippen molar-refractivity contribution < 1.29 is 9.52 Å². The fraction of sp³-hybridized carbons (Fsp3) is 0.0714. The second-order valence-electron chi connectivity index (χ2n) is 4.01. The van der Waals surface area contributed by atoms with Crippen LogP contribution >= 0.6 is 15.9 Å². The topological polar surface area (TPSA) is 46.3 Å². The standard InChI is InChI=1S/C14H10BrNO2/c15-13-6-5-12(18-13)14(17)10-7-9-3-1-2-4-11(9)16-8-10/h1-8,14,17H. The van der Waals surface area contributed by atoms with Crippen molar-refractivity contribution in [3.63, 3.8) is 0 Å². The molecule has 0 bridgehead atoms. The van der Waals surface area contributed by atoms with Gasteiger partial charge in [0.2, 0.25) is 0 Å². The Labute approximate surface area is 112 Å². The highest BCUT2D eigenvalue weighted by molar-refractivity contribution is 9.10. The number of benzene rings is 1. The van der Waals surface area contributed by atoms with Gasteiger partial charge in [-0.3, -0.25) is 4.98 Å². The van der Waals surface area contributed by atoms with E-state index in [9.17, 15) is 5.11 Å². The van der Waals surface area contributed by atoms with Crippen LogP contribution in [-0.4, -0.2) is 10.1 Å². The number of halogens is 1. The molecular weight excluding hydrogens is 294 g/mol. The van der Waals surface area contributed by atoms with E-state index in [4.69, 9.17) is 4.42 Å². The Kier molecular flexibility index (Phi) is 2.89. The number of rotatable bonds is 2. The van der Waals surface area contributed by atoms with E-state index in [1.165, 1.54) is 0 Å². The lowest BCUT2D eigenvalue weighted by Crippen LogP contribution is -1.98. The van der Waals surface area contributed by atoms with Gasteiger partial charge in [-0.25, -0.2) is 0 Å². The van der Waals surface area contributed by atoms with Gasteiger partial charge in [0.05, 0.1) is 5.52 Å². The van der Waals surface area contributed by atoms with Gasteiger partial charge >= 0.3 is 0 Å². The van der Waals surface area contributed by atoms with Gasteiger partial charge in [0.15, 0.2) is 4.67 Å². The molecule has 18 heavy (non-hydrogen) atoms. The summed E-state index contributed by atoms with van der Waals surface area (Å²) in [7, 11) is 0. The number of nitrogens with zero attached hydrogens (tertiary/aromatic N) is 1. The zero-order valence-corrected chi connectivity index (χ0v) is 11.0. The Morgan fingerprint density at radius 1 is 1.17 bits per heavy atom. The average Bonchev–Trinajstić information content (AvgIpc) is 2.84. The number of aromatic nitrogens is 1. The lowest BCUT2D eigenvalue weighted by atomic mass is 10.1. The third-order valence-electron chi connectivity index (χ3n) is 2.79. The summed E-state index contributed by atoms with van der Waals surface area (Å²) < 4.78 is 5.95. The van der Waals surface area contributed by atoms with E-state index in [2.05, 4.69) is 20.9 Å². The highest BCUT2D eigenvalue weighted by Gasteiger charge is 2.15. The van der Waals surface area contributed by atoms with Crippen molar-refractivity contribution in [2.24, 2.45) is 0 Å². The predicted octanol–water partition coefficient (Wildman–Crippen LogP) is 3.67. The second-order valence-corrected chi connectivity index (χ2v) is 4.79. The third-order valence-corrected chi connectivity index (χ3v) is 3.22. The molecule has 0 amide bonds. The van der Waals surface area contributed by atoms with Crippen molar-refractivity contribution in [1.82, 2.24) is 4.98 Å². The summed E-state index contributed by atoms with van der Waals surface area (Å²) in [6.07, 6.45) is 0.872. The number of pyridine rings is 1. The molecular formula is C14H10BrNO2. The van der Waals surface area contributed by atoms with E-state index >= 15 is 0 Å². The van der Waals surface area contributed by atoms with Crippen LogP contribution in [0.1, 0.15) is 17.4 Å². The monoisotopic (exact) mass is 303 g/mol. The van der Waals surface area contributed by atoms with Crippen molar-refractivity contribution in [1.29, 1.82) is 0 Å². The molecule has 0 aliphatic heterocycles. The first-order valence-corrected chi connectivity index (χ1v) is 6.31. The molecule has 1 aromatic carbocycles. The molecule has 1 unspecified atom stereocenters. The van der Waals surface area contributed by atoms with Gasteiger partial charge in [-0.05, 0) is 40.2 Å². The molecule has 3 aromatic rings. The Hall–Kier alpha value is -1.65. The summed E-state index contributed by atoms with van der Waals surface area (Å²) in [5, 5.41) is 11.2. The zero-order chi connectivity index (χ0) is 12.5. The maximum absolute atomic E-state index is 10.2. The Morgan fingerprint density at radius 2 is 2.00 bits per heavy atom. The first kappa shape index (κ1) is 11.4. The van der Waals surface area contributed by atoms with Crippen LogP contribution in [0.2, 0.25) is 0 Å². The largest absolute Gasteiger partial charge is 0.451 e. The Morgan fingerprint density at radius 3 is 2.78 bits per heavy atom. The maximum atomic E-state index is 10.2. The van der Waals surface area contributed by atoms with Gasteiger partial charge in [-0.2, -0.15) is 0 Å². The molecule has 2 heterocycles. The summed E-state index contributed by atoms with van der Waals surface area (Å²) in [5.74, 6) is 0.499. The van der Waals surface area contributed by atoms with Crippen molar-refractivity contribution >= 4 is 26.8 Å². The summed E-state index contributed by atoms with van der Waals surface area (Å²) >= 11 is 3.22. The highest BCUT2D eigenvalue weighted by atomic mass is 79.9. The van der Waals surface area contributed by atoms with Crippen LogP contribution in [-0.2, 0) is 0 Å². The smallest absolute Gasteiger partial charge is 0.169 e. The molecule has 0 aliphatic rings. The number of aliphatic hydroxyl groups excluding tert-OH is 1. The van der Waals surface area contributed by atoms with Crippen LogP contribution < -0.4 is 0 Å². The molecule has 0 saturated heterocycles. The number of fused-ring (bicyclic) bond motifs is 1. The molecule has 1 N–H and O–H groups in total. The second kappa shape index (κ2) is 4.55. The lowest BCUT2D eigenvalue weighted by Gasteiger charge is -2.08. The van der Waals surface area contributed by atoms with Gasteiger partial charge in [-0.15, -0.1) is 0 Å². The molecule has 1 atom stereocenters. The number of hydrogen-bond acceptors (Lipinski definition) is 3. The normalized spacial score (nSPS) is 12.8. The molecule has 0 fully saturated rings. The summed E-state index contributed by atoms with van der Waals surface area (Å²) in [5.41, 5.74) is 1.63. The van der Waals surface area contributed by atoms with Crippen LogP contribution in [0.3, 0.4) is 0 Å². The van der Waals surface area contributed by atoms with E-state index in [0.717, 1.165) is 16.5 Å². The Balaban J connectivity index is 2.03. The van der Waals surface area contributed by atoms with Crippen LogP contribution in [0.25, 0.3) is 10.9 Å². The summed E-state index contributed by atoms with van der Waals surface area (Å²) in [6, 6.07) is 13.2. The van der Waals surface area contributed by atoms with Crippen LogP contribution in [0, 0.1) is 0 Å². The molecule has 0 aliphatic carbocycles. The first-order chi connectivity index (χ1) is 8.74. The molecule has 0 spiro atoms. The molecule has 0 saturated carbocycles. The first-order valence-electron chi connectivity index (χ1n) is 5.52. The van der Waals surface area contributed by atoms with E-state index < -0.39 is 6.10 Å². The SMILES string of the molecule is OC(c1cnc2ccccc2c1)c1ccc(Br)o1. The van der Waals surface area contributed by atoms with E-state index in [0.29, 0.717) is 10.4 Å². The van der Waals surface area contributed by atoms with Gasteiger partial charge in [0, 0.05) is 17.1 Å². The van der Waals surface area contributed by atoms with Crippen molar-refractivity contribution in [2.75, 3.05) is 0 Å². The lowest BCUT2D eigenvalue weighted by molar-refractivity contribution is 0.187. The predicted molar refractivity (Wildman–Crippen MR) is 72.2 cm³/mol. The van der Waals surface area contributed by atoms with E-state index in [-0.39, 0.29) is 0 Å². The van der Waals surface area contributed by atoms with Crippen LogP contribution in [0.4, 0.5) is 0 Å². The highest BCUT2D eigenvalue weighted by Crippen LogP contribution is 2.27. The molecule has 3 rings (SSSR count). The quantitative estimate of drug-likeness (QED) is 0.785. The fourth-order valence-electron chi connectivity index (χ4n) is 1.88. The van der Waals surface area contributed by atoms with E-state index in [1.807, 2.05) is 30.3 Å². The van der Waals surface area contributed by atoms with Gasteiger partial charge in [0.25, 0.3) is 0 Å². The number of aliphatic hydroxyl groups is 1. The summed E-state index contributed by atoms with van der Waals surface area (Å²) in [4.78, 5) is 4.32.